The second-order valence-corrected chi connectivity index (χ2v) is 11.2. The second-order valence-electron chi connectivity index (χ2n) is 10.8. The first-order chi connectivity index (χ1) is 24.4. The summed E-state index contributed by atoms with van der Waals surface area (Å²) in [5, 5.41) is -0.129. The van der Waals surface area contributed by atoms with E-state index in [1.165, 1.54) is 25.1 Å². The fourth-order valence-corrected chi connectivity index (χ4v) is 5.08. The first-order valence-electron chi connectivity index (χ1n) is 15.3. The standard InChI is InChI=1S/C34H29ClFN3O12/c1-3-46-34(45)51-28-13-25(23(35)15-37-28)50-32(43)22-11-7-10-21(12-22)30(41)39-31(42)24(36)16-38(33(39)44)29-14-26(27(49-29)18-47-19(2)40)48-17-20-8-5-4-6-9-20/h4-13,15-16,26-27,29H,3,14,17-18H2,1-2H3/t26-,27+,29+/m0/s1. The SMILES string of the molecule is CCOC(=O)Oc1cc(OC(=O)c2cccc(C(=O)n3c(=O)c(F)cn([C@H]4C[C@H](OCc5ccccc5)[C@@H](COC(C)=O)O4)c3=O)c2)c(Cl)cn1. The fraction of sp³-hybridized carbons (Fsp3) is 0.265. The minimum absolute atomic E-state index is 0.0318. The quantitative estimate of drug-likeness (QED) is 0.202. The molecule has 0 unspecified atom stereocenters. The lowest BCUT2D eigenvalue weighted by molar-refractivity contribution is -0.148. The van der Waals surface area contributed by atoms with Crippen molar-refractivity contribution in [3.8, 4) is 11.6 Å². The normalized spacial score (nSPS) is 16.7. The van der Waals surface area contributed by atoms with E-state index in [-0.39, 0.29) is 58.6 Å². The van der Waals surface area contributed by atoms with Crippen LogP contribution in [0.4, 0.5) is 9.18 Å². The van der Waals surface area contributed by atoms with E-state index in [0.717, 1.165) is 28.5 Å². The first-order valence-corrected chi connectivity index (χ1v) is 15.7. The molecule has 1 aliphatic heterocycles. The molecular formula is C34H29ClFN3O12. The zero-order valence-electron chi connectivity index (χ0n) is 27.0. The Morgan fingerprint density at radius 3 is 2.47 bits per heavy atom. The van der Waals surface area contributed by atoms with Crippen molar-refractivity contribution in [3.63, 3.8) is 0 Å². The van der Waals surface area contributed by atoms with Crippen LogP contribution in [0, 0.1) is 5.82 Å². The first kappa shape index (κ1) is 36.6. The summed E-state index contributed by atoms with van der Waals surface area (Å²) < 4.78 is 47.8. The van der Waals surface area contributed by atoms with E-state index in [2.05, 4.69) is 9.72 Å². The molecule has 0 bridgehead atoms. The lowest BCUT2D eigenvalue weighted by atomic mass is 10.1. The highest BCUT2D eigenvalue weighted by Crippen LogP contribution is 2.31. The highest BCUT2D eigenvalue weighted by atomic mass is 35.5. The summed E-state index contributed by atoms with van der Waals surface area (Å²) >= 11 is 6.08. The number of pyridine rings is 1. The fourth-order valence-electron chi connectivity index (χ4n) is 4.94. The van der Waals surface area contributed by atoms with Crippen molar-refractivity contribution in [3.05, 3.63) is 121 Å². The number of carbonyl (C=O) groups excluding carboxylic acids is 4. The third-order valence-electron chi connectivity index (χ3n) is 7.32. The minimum atomic E-state index is -1.54. The van der Waals surface area contributed by atoms with Gasteiger partial charge >= 0.3 is 23.8 Å². The molecule has 2 aromatic heterocycles. The van der Waals surface area contributed by atoms with Crippen molar-refractivity contribution in [1.82, 2.24) is 14.1 Å². The average Bonchev–Trinajstić information content (AvgIpc) is 3.52. The van der Waals surface area contributed by atoms with E-state index in [1.807, 2.05) is 30.3 Å². The molecule has 266 valence electrons. The van der Waals surface area contributed by atoms with Gasteiger partial charge in [0.15, 0.2) is 5.75 Å². The molecule has 1 aliphatic rings. The van der Waals surface area contributed by atoms with E-state index in [0.29, 0.717) is 6.20 Å². The molecule has 1 saturated heterocycles. The van der Waals surface area contributed by atoms with Crippen LogP contribution < -0.4 is 20.7 Å². The molecule has 0 saturated carbocycles. The molecule has 17 heteroatoms. The molecule has 3 atom stereocenters. The van der Waals surface area contributed by atoms with Crippen molar-refractivity contribution in [2.45, 2.75) is 45.3 Å². The summed E-state index contributed by atoms with van der Waals surface area (Å²) in [6.45, 7) is 2.71. The molecule has 0 radical (unpaired) electrons. The molecule has 1 fully saturated rings. The van der Waals surface area contributed by atoms with Gasteiger partial charge in [-0.25, -0.2) is 19.4 Å². The highest BCUT2D eigenvalue weighted by Gasteiger charge is 2.39. The van der Waals surface area contributed by atoms with E-state index >= 15 is 4.39 Å². The topological polar surface area (TPSA) is 181 Å². The van der Waals surface area contributed by atoms with E-state index < -0.39 is 59.5 Å². The molecule has 0 N–H and O–H groups in total. The molecule has 2 aromatic carbocycles. The Bertz CT molecular complexity index is 2070. The summed E-state index contributed by atoms with van der Waals surface area (Å²) in [6, 6.07) is 14.9. The second kappa shape index (κ2) is 16.3. The highest BCUT2D eigenvalue weighted by molar-refractivity contribution is 6.32. The van der Waals surface area contributed by atoms with E-state index in [1.54, 1.807) is 6.92 Å². The van der Waals surface area contributed by atoms with Crippen LogP contribution in [-0.2, 0) is 30.3 Å². The van der Waals surface area contributed by atoms with E-state index in [4.69, 9.17) is 35.3 Å². The van der Waals surface area contributed by atoms with Gasteiger partial charge in [-0.1, -0.05) is 48.0 Å². The monoisotopic (exact) mass is 725 g/mol. The Morgan fingerprint density at radius 2 is 1.75 bits per heavy atom. The van der Waals surface area contributed by atoms with Crippen molar-refractivity contribution < 1.29 is 52.0 Å². The van der Waals surface area contributed by atoms with Crippen LogP contribution in [0.3, 0.4) is 0 Å². The number of hydrogen-bond acceptors (Lipinski definition) is 13. The van der Waals surface area contributed by atoms with Crippen molar-refractivity contribution in [1.29, 1.82) is 0 Å². The van der Waals surface area contributed by atoms with Gasteiger partial charge in [0.2, 0.25) is 11.7 Å². The van der Waals surface area contributed by atoms with Gasteiger partial charge in [-0.2, -0.15) is 8.96 Å². The molecule has 3 heterocycles. The summed E-state index contributed by atoms with van der Waals surface area (Å²) in [5.74, 6) is -4.87. The molecule has 0 amide bonds. The molecule has 4 aromatic rings. The number of carbonyl (C=O) groups is 4. The zero-order chi connectivity index (χ0) is 36.7. The predicted molar refractivity (Wildman–Crippen MR) is 173 cm³/mol. The Hall–Kier alpha value is -5.71. The molecule has 0 aliphatic carbocycles. The van der Waals surface area contributed by atoms with Crippen LogP contribution in [0.15, 0.2) is 82.6 Å². The Morgan fingerprint density at radius 1 is 1.00 bits per heavy atom. The summed E-state index contributed by atoms with van der Waals surface area (Å²) in [5.41, 5.74) is -2.53. The number of hydrogen-bond donors (Lipinski definition) is 0. The Labute approximate surface area is 293 Å². The molecular weight excluding hydrogens is 697 g/mol. The van der Waals surface area contributed by atoms with Crippen LogP contribution in [0.1, 0.15) is 52.8 Å². The van der Waals surface area contributed by atoms with Gasteiger partial charge < -0.3 is 28.4 Å². The number of rotatable bonds is 11. The number of nitrogens with zero attached hydrogens (tertiary/aromatic N) is 3. The van der Waals surface area contributed by atoms with Crippen LogP contribution in [0.25, 0.3) is 0 Å². The van der Waals surface area contributed by atoms with Gasteiger partial charge in [0.05, 0.1) is 37.3 Å². The summed E-state index contributed by atoms with van der Waals surface area (Å²) in [7, 11) is 0. The lowest BCUT2D eigenvalue weighted by Crippen LogP contribution is -2.46. The Kier molecular flexibility index (Phi) is 11.7. The van der Waals surface area contributed by atoms with E-state index in [9.17, 15) is 28.8 Å². The van der Waals surface area contributed by atoms with Crippen LogP contribution in [0.5, 0.6) is 11.6 Å². The van der Waals surface area contributed by atoms with Gasteiger partial charge in [-0.05, 0) is 30.7 Å². The summed E-state index contributed by atoms with van der Waals surface area (Å²) in [4.78, 5) is 80.0. The smallest absolute Gasteiger partial charge is 0.463 e. The molecule has 15 nitrogen and oxygen atoms in total. The van der Waals surface area contributed by atoms with Gasteiger partial charge in [-0.15, -0.1) is 0 Å². The van der Waals surface area contributed by atoms with Crippen molar-refractivity contribution >= 4 is 35.6 Å². The number of halogens is 2. The largest absolute Gasteiger partial charge is 0.515 e. The number of esters is 2. The number of aromatic nitrogens is 3. The van der Waals surface area contributed by atoms with Crippen LogP contribution in [0.2, 0.25) is 5.02 Å². The van der Waals surface area contributed by atoms with Crippen LogP contribution >= 0.6 is 11.6 Å². The summed E-state index contributed by atoms with van der Waals surface area (Å²) in [6.07, 6.45) is -2.24. The van der Waals surface area contributed by atoms with Gasteiger partial charge in [-0.3, -0.25) is 19.0 Å². The average molecular weight is 726 g/mol. The van der Waals surface area contributed by atoms with Crippen molar-refractivity contribution in [2.24, 2.45) is 0 Å². The molecule has 51 heavy (non-hydrogen) atoms. The van der Waals surface area contributed by atoms with Gasteiger partial charge in [0.25, 0.3) is 11.5 Å². The maximum Gasteiger partial charge on any atom is 0.515 e. The van der Waals surface area contributed by atoms with Crippen molar-refractivity contribution in [2.75, 3.05) is 13.2 Å². The zero-order valence-corrected chi connectivity index (χ0v) is 27.7. The lowest BCUT2D eigenvalue weighted by Gasteiger charge is -2.18. The number of benzene rings is 2. The minimum Gasteiger partial charge on any atom is -0.463 e. The Balaban J connectivity index is 1.38. The van der Waals surface area contributed by atoms with Gasteiger partial charge in [0, 0.05) is 25.0 Å². The van der Waals surface area contributed by atoms with Gasteiger partial charge in [0.1, 0.15) is 24.0 Å². The maximum atomic E-state index is 15.1. The molecule has 0 spiro atoms. The number of ether oxygens (including phenoxy) is 6. The third-order valence-corrected chi connectivity index (χ3v) is 7.60. The van der Waals surface area contributed by atoms with Crippen LogP contribution in [-0.4, -0.2) is 63.5 Å². The predicted octanol–water partition coefficient (Wildman–Crippen LogP) is 4.08. The maximum absolute atomic E-state index is 15.1. The third kappa shape index (κ3) is 8.91. The molecule has 5 rings (SSSR count).